The van der Waals surface area contributed by atoms with Gasteiger partial charge >= 0.3 is 5.97 Å². The summed E-state index contributed by atoms with van der Waals surface area (Å²) in [6.45, 7) is 1.50. The molecule has 1 aliphatic heterocycles. The maximum absolute atomic E-state index is 13.3. The second kappa shape index (κ2) is 10.3. The number of esters is 1. The van der Waals surface area contributed by atoms with Gasteiger partial charge in [0.15, 0.2) is 12.4 Å². The van der Waals surface area contributed by atoms with Gasteiger partial charge in [-0.15, -0.1) is 0 Å². The molecule has 0 radical (unpaired) electrons. The van der Waals surface area contributed by atoms with Gasteiger partial charge in [0, 0.05) is 16.5 Å². The van der Waals surface area contributed by atoms with Gasteiger partial charge in [-0.3, -0.25) is 19.3 Å². The lowest BCUT2D eigenvalue weighted by Gasteiger charge is -2.18. The van der Waals surface area contributed by atoms with Crippen LogP contribution in [0, 0.1) is 30.6 Å². The lowest BCUT2D eigenvalue weighted by atomic mass is 9.85. The molecule has 2 fully saturated rings. The first-order chi connectivity index (χ1) is 20.8. The highest BCUT2D eigenvalue weighted by Gasteiger charge is 2.59. The van der Waals surface area contributed by atoms with Gasteiger partial charge in [-0.2, -0.15) is 0 Å². The molecular weight excluding hydrogens is 544 g/mol. The highest BCUT2D eigenvalue weighted by atomic mass is 16.5. The monoisotopic (exact) mass is 572 g/mol. The lowest BCUT2D eigenvalue weighted by molar-refractivity contribution is -0.123. The molecule has 0 N–H and O–H groups in total. The summed E-state index contributed by atoms with van der Waals surface area (Å²) >= 11 is 0. The number of rotatable bonds is 7. The van der Waals surface area contributed by atoms with Gasteiger partial charge in [-0.1, -0.05) is 42.5 Å². The summed E-state index contributed by atoms with van der Waals surface area (Å²) in [5, 5.41) is 0.616. The van der Waals surface area contributed by atoms with Crippen molar-refractivity contribution in [1.82, 2.24) is 4.98 Å². The van der Waals surface area contributed by atoms with Crippen LogP contribution in [0.5, 0.6) is 5.75 Å². The number of fused-ring (bicyclic) bond motifs is 6. The molecule has 8 nitrogen and oxygen atoms in total. The van der Waals surface area contributed by atoms with E-state index in [1.54, 1.807) is 67.8 Å². The highest BCUT2D eigenvalue weighted by Crippen LogP contribution is 2.53. The number of imide groups is 1. The third-order valence-corrected chi connectivity index (χ3v) is 8.90. The summed E-state index contributed by atoms with van der Waals surface area (Å²) in [4.78, 5) is 58.7. The maximum Gasteiger partial charge on any atom is 0.339 e. The minimum atomic E-state index is -0.638. The number of carbonyl (C=O) groups is 4. The SMILES string of the molecule is COc1ccc(C(=O)COC(=O)c2cc(-c3ccc(N4C(=O)C5C6C=CC(C6)C5C4=O)cc3)nc3c(C)cccc23)cc1. The fourth-order valence-corrected chi connectivity index (χ4v) is 6.72. The molecule has 1 aromatic heterocycles. The molecule has 7 rings (SSSR count). The minimum Gasteiger partial charge on any atom is -0.497 e. The van der Waals surface area contributed by atoms with Gasteiger partial charge in [-0.05, 0) is 73.2 Å². The van der Waals surface area contributed by atoms with Crippen molar-refractivity contribution in [3.05, 3.63) is 102 Å². The van der Waals surface area contributed by atoms with Crippen molar-refractivity contribution in [2.75, 3.05) is 18.6 Å². The highest BCUT2D eigenvalue weighted by molar-refractivity contribution is 6.23. The van der Waals surface area contributed by atoms with Gasteiger partial charge in [0.1, 0.15) is 5.75 Å². The number of nitrogens with zero attached hydrogens (tertiary/aromatic N) is 2. The Morgan fingerprint density at radius 2 is 1.58 bits per heavy atom. The number of aryl methyl sites for hydroxylation is 1. The van der Waals surface area contributed by atoms with Gasteiger partial charge in [0.25, 0.3) is 0 Å². The first-order valence-electron chi connectivity index (χ1n) is 14.3. The van der Waals surface area contributed by atoms with E-state index in [0.29, 0.717) is 39.2 Å². The van der Waals surface area contributed by atoms with Gasteiger partial charge in [0.2, 0.25) is 11.8 Å². The molecule has 2 bridgehead atoms. The van der Waals surface area contributed by atoms with Gasteiger partial charge in [0.05, 0.1) is 41.4 Å². The number of para-hydroxylation sites is 1. The van der Waals surface area contributed by atoms with E-state index < -0.39 is 12.6 Å². The number of anilines is 1. The molecule has 214 valence electrons. The van der Waals surface area contributed by atoms with E-state index in [9.17, 15) is 19.2 Å². The number of benzene rings is 3. The largest absolute Gasteiger partial charge is 0.497 e. The van der Waals surface area contributed by atoms with Crippen LogP contribution >= 0.6 is 0 Å². The predicted molar refractivity (Wildman–Crippen MR) is 160 cm³/mol. The summed E-state index contributed by atoms with van der Waals surface area (Å²) in [7, 11) is 1.54. The van der Waals surface area contributed by atoms with Gasteiger partial charge < -0.3 is 9.47 Å². The molecule has 3 aliphatic rings. The van der Waals surface area contributed by atoms with E-state index in [-0.39, 0.29) is 46.8 Å². The zero-order valence-corrected chi connectivity index (χ0v) is 23.7. The molecule has 2 amide bonds. The quantitative estimate of drug-likeness (QED) is 0.123. The summed E-state index contributed by atoms with van der Waals surface area (Å²) in [6, 6.07) is 20.9. The van der Waals surface area contributed by atoms with Crippen molar-refractivity contribution in [2.24, 2.45) is 23.7 Å². The molecule has 0 spiro atoms. The van der Waals surface area contributed by atoms with E-state index in [4.69, 9.17) is 14.5 Å². The second-order valence-electron chi connectivity index (χ2n) is 11.3. The fourth-order valence-electron chi connectivity index (χ4n) is 6.72. The van der Waals surface area contributed by atoms with Crippen LogP contribution in [0.25, 0.3) is 22.2 Å². The average molecular weight is 573 g/mol. The number of hydrogen-bond acceptors (Lipinski definition) is 7. The number of Topliss-reactive ketones (excluding diaryl/α,β-unsaturated/α-hetero) is 1. The molecule has 2 aliphatic carbocycles. The van der Waals surface area contributed by atoms with Crippen molar-refractivity contribution in [1.29, 1.82) is 0 Å². The number of aromatic nitrogens is 1. The van der Waals surface area contributed by atoms with Crippen LogP contribution in [0.4, 0.5) is 5.69 Å². The van der Waals surface area contributed by atoms with Crippen molar-refractivity contribution in [3.63, 3.8) is 0 Å². The zero-order valence-electron chi connectivity index (χ0n) is 23.7. The van der Waals surface area contributed by atoms with Crippen molar-refractivity contribution < 1.29 is 28.7 Å². The summed E-state index contributed by atoms with van der Waals surface area (Å²) in [6.07, 6.45) is 5.04. The average Bonchev–Trinajstić information content (AvgIpc) is 3.73. The molecule has 8 heteroatoms. The molecule has 3 aromatic carbocycles. The number of ketones is 1. The Morgan fingerprint density at radius 1 is 0.907 bits per heavy atom. The Balaban J connectivity index is 1.15. The second-order valence-corrected chi connectivity index (χ2v) is 11.3. The Bertz CT molecular complexity index is 1810. The topological polar surface area (TPSA) is 103 Å². The van der Waals surface area contributed by atoms with Crippen molar-refractivity contribution in [3.8, 4) is 17.0 Å². The first-order valence-corrected chi connectivity index (χ1v) is 14.3. The number of carbonyl (C=O) groups excluding carboxylic acids is 4. The number of ether oxygens (including phenoxy) is 2. The van der Waals surface area contributed by atoms with E-state index in [1.165, 1.54) is 4.90 Å². The van der Waals surface area contributed by atoms with Crippen LogP contribution in [-0.4, -0.2) is 42.3 Å². The van der Waals surface area contributed by atoms with Crippen LogP contribution in [-0.2, 0) is 14.3 Å². The third-order valence-electron chi connectivity index (χ3n) is 8.90. The molecular formula is C35H28N2O6. The van der Waals surface area contributed by atoms with E-state index in [0.717, 1.165) is 12.0 Å². The Labute approximate surface area is 247 Å². The summed E-state index contributed by atoms with van der Waals surface area (Å²) in [5.74, 6) is -0.855. The molecule has 4 aromatic rings. The van der Waals surface area contributed by atoms with Gasteiger partial charge in [-0.25, -0.2) is 9.78 Å². The molecule has 2 heterocycles. The van der Waals surface area contributed by atoms with E-state index >= 15 is 0 Å². The Morgan fingerprint density at radius 3 is 2.23 bits per heavy atom. The molecule has 1 saturated heterocycles. The lowest BCUT2D eigenvalue weighted by Crippen LogP contribution is -2.32. The van der Waals surface area contributed by atoms with E-state index in [1.807, 2.05) is 19.1 Å². The standard InChI is InChI=1S/C35H28N2O6/c1-19-4-3-5-26-27(35(41)43-18-29(38)21-10-14-25(42-2)15-11-21)17-28(36-32(19)26)20-8-12-24(13-9-20)37-33(39)30-22-6-7-23(16-22)31(30)34(37)40/h3-15,17,22-23,30-31H,16,18H2,1-2H3. The number of amides is 2. The smallest absolute Gasteiger partial charge is 0.339 e. The Kier molecular flexibility index (Phi) is 6.42. The minimum absolute atomic E-state index is 0.131. The van der Waals surface area contributed by atoms with Crippen LogP contribution in [0.2, 0.25) is 0 Å². The summed E-state index contributed by atoms with van der Waals surface area (Å²) < 4.78 is 10.6. The zero-order chi connectivity index (χ0) is 29.8. The normalized spacial score (nSPS) is 21.9. The molecule has 1 saturated carbocycles. The molecule has 4 atom stereocenters. The fraction of sp³-hybridized carbons (Fsp3) is 0.229. The number of methoxy groups -OCH3 is 1. The summed E-state index contributed by atoms with van der Waals surface area (Å²) in [5.41, 5.74) is 3.98. The molecule has 43 heavy (non-hydrogen) atoms. The van der Waals surface area contributed by atoms with Crippen LogP contribution in [0.15, 0.2) is 84.9 Å². The van der Waals surface area contributed by atoms with Crippen molar-refractivity contribution in [2.45, 2.75) is 13.3 Å². The number of hydrogen-bond donors (Lipinski definition) is 0. The van der Waals surface area contributed by atoms with Crippen LogP contribution in [0.3, 0.4) is 0 Å². The van der Waals surface area contributed by atoms with Crippen LogP contribution < -0.4 is 9.64 Å². The first kappa shape index (κ1) is 26.8. The number of pyridine rings is 1. The van der Waals surface area contributed by atoms with Crippen molar-refractivity contribution >= 4 is 40.2 Å². The van der Waals surface area contributed by atoms with E-state index in [2.05, 4.69) is 12.2 Å². The predicted octanol–water partition coefficient (Wildman–Crippen LogP) is 5.57. The third kappa shape index (κ3) is 4.41. The maximum atomic E-state index is 13.3. The Hall–Kier alpha value is -5.11. The van der Waals surface area contributed by atoms with Crippen LogP contribution in [0.1, 0.15) is 32.7 Å². The molecule has 4 unspecified atom stereocenters. The number of allylic oxidation sites excluding steroid dienone is 2.